The predicted molar refractivity (Wildman–Crippen MR) is 179 cm³/mol. The Bertz CT molecular complexity index is 1210. The molecule has 3 amide bonds. The number of ether oxygens (including phenoxy) is 1. The van der Waals surface area contributed by atoms with Crippen LogP contribution in [0.1, 0.15) is 82.9 Å². The number of nitrogens with one attached hydrogen (secondary N) is 2. The number of hydrogen-bond acceptors (Lipinski definition) is 5. The van der Waals surface area contributed by atoms with Crippen molar-refractivity contribution >= 4 is 17.7 Å². The van der Waals surface area contributed by atoms with Gasteiger partial charge in [0, 0.05) is 19.5 Å². The summed E-state index contributed by atoms with van der Waals surface area (Å²) >= 11 is 0. The second-order valence-electron chi connectivity index (χ2n) is 13.1. The fourth-order valence-corrected chi connectivity index (χ4v) is 6.65. The largest absolute Gasteiger partial charge is 0.483 e. The van der Waals surface area contributed by atoms with E-state index < -0.39 is 18.2 Å². The fourth-order valence-electron chi connectivity index (χ4n) is 6.65. The van der Waals surface area contributed by atoms with Gasteiger partial charge in [-0.25, -0.2) is 4.79 Å². The summed E-state index contributed by atoms with van der Waals surface area (Å²) in [5.74, 6) is 0.726. The normalized spacial score (nSPS) is 16.2. The van der Waals surface area contributed by atoms with Crippen LogP contribution in [0, 0.1) is 31.6 Å². The summed E-state index contributed by atoms with van der Waals surface area (Å²) in [5.41, 5.74) is 2.92. The van der Waals surface area contributed by atoms with E-state index in [1.165, 1.54) is 0 Å². The molecule has 1 aliphatic rings. The van der Waals surface area contributed by atoms with Crippen molar-refractivity contribution in [1.29, 1.82) is 0 Å². The average molecular weight is 622 g/mol. The van der Waals surface area contributed by atoms with Crippen molar-refractivity contribution in [2.24, 2.45) is 17.8 Å². The highest BCUT2D eigenvalue weighted by molar-refractivity contribution is 5.89. The van der Waals surface area contributed by atoms with E-state index in [4.69, 9.17) is 4.74 Å². The zero-order valence-electron chi connectivity index (χ0n) is 28.2. The third-order valence-corrected chi connectivity index (χ3v) is 9.16. The van der Waals surface area contributed by atoms with Crippen LogP contribution in [0.4, 0.5) is 4.79 Å². The highest BCUT2D eigenvalue weighted by atomic mass is 16.5. The second-order valence-corrected chi connectivity index (χ2v) is 13.1. The molecule has 0 aliphatic carbocycles. The van der Waals surface area contributed by atoms with Gasteiger partial charge in [0.05, 0.1) is 18.2 Å². The zero-order valence-corrected chi connectivity index (χ0v) is 28.2. The summed E-state index contributed by atoms with van der Waals surface area (Å²) in [6.45, 7) is 13.2. The Labute approximate surface area is 270 Å². The van der Waals surface area contributed by atoms with E-state index in [1.807, 2.05) is 76.2 Å². The van der Waals surface area contributed by atoms with Crippen molar-refractivity contribution in [3.63, 3.8) is 0 Å². The van der Waals surface area contributed by atoms with Crippen LogP contribution in [0.5, 0.6) is 5.75 Å². The standard InChI is InChI=1S/C37H55N3O5/c1-7-28(8-2)20-30(23-33(42)35(25(3)4)40-19-13-18-38-37(40)44)22-32(41)31(21-29-16-10-9-11-17-29)39-34(43)24-45-36-26(5)14-12-15-27(36)6/h9-12,14-17,25,28,30-32,35,41H,7-8,13,18-24H2,1-6H3,(H,38,44)(H,39,43)/t30-,31-,32-,35-/m0/s1. The summed E-state index contributed by atoms with van der Waals surface area (Å²) in [6, 6.07) is 14.4. The molecule has 2 aromatic rings. The lowest BCUT2D eigenvalue weighted by molar-refractivity contribution is -0.127. The maximum atomic E-state index is 13.9. The summed E-state index contributed by atoms with van der Waals surface area (Å²) in [4.78, 5) is 41.5. The molecule has 0 saturated carbocycles. The van der Waals surface area contributed by atoms with Crippen LogP contribution >= 0.6 is 0 Å². The van der Waals surface area contributed by atoms with Gasteiger partial charge in [-0.2, -0.15) is 0 Å². The third kappa shape index (κ3) is 10.9. The van der Waals surface area contributed by atoms with E-state index in [1.54, 1.807) is 4.90 Å². The number of aliphatic hydroxyl groups is 1. The Morgan fingerprint density at radius 2 is 1.64 bits per heavy atom. The van der Waals surface area contributed by atoms with E-state index in [2.05, 4.69) is 24.5 Å². The average Bonchev–Trinajstić information content (AvgIpc) is 3.00. The van der Waals surface area contributed by atoms with E-state index in [0.717, 1.165) is 42.4 Å². The van der Waals surface area contributed by atoms with E-state index in [-0.39, 0.29) is 42.6 Å². The van der Waals surface area contributed by atoms with Gasteiger partial charge in [0.2, 0.25) is 0 Å². The number of carbonyl (C=O) groups is 3. The molecule has 0 unspecified atom stereocenters. The Kier molecular flexibility index (Phi) is 14.4. The maximum Gasteiger partial charge on any atom is 0.318 e. The molecule has 0 bridgehead atoms. The molecular formula is C37H55N3O5. The number of nitrogens with zero attached hydrogens (tertiary/aromatic N) is 1. The highest BCUT2D eigenvalue weighted by Crippen LogP contribution is 2.29. The number of rotatable bonds is 18. The summed E-state index contributed by atoms with van der Waals surface area (Å²) in [7, 11) is 0. The molecule has 248 valence electrons. The minimum absolute atomic E-state index is 0.0259. The Balaban J connectivity index is 1.79. The molecule has 45 heavy (non-hydrogen) atoms. The van der Waals surface area contributed by atoms with E-state index in [9.17, 15) is 19.5 Å². The lowest BCUT2D eigenvalue weighted by Crippen LogP contribution is -2.55. The number of carbonyl (C=O) groups excluding carboxylic acids is 3. The monoisotopic (exact) mass is 621 g/mol. The minimum Gasteiger partial charge on any atom is -0.483 e. The number of hydrogen-bond donors (Lipinski definition) is 3. The maximum absolute atomic E-state index is 13.9. The summed E-state index contributed by atoms with van der Waals surface area (Å²) in [6.07, 6.45) is 3.80. The smallest absolute Gasteiger partial charge is 0.318 e. The third-order valence-electron chi connectivity index (χ3n) is 9.16. The first-order valence-corrected chi connectivity index (χ1v) is 16.8. The van der Waals surface area contributed by atoms with Crippen molar-refractivity contribution in [1.82, 2.24) is 15.5 Å². The van der Waals surface area contributed by atoms with Crippen LogP contribution in [-0.2, 0) is 16.0 Å². The first-order valence-electron chi connectivity index (χ1n) is 16.8. The molecule has 1 aliphatic heterocycles. The molecule has 3 N–H and O–H groups in total. The Morgan fingerprint density at radius 1 is 0.978 bits per heavy atom. The second kappa shape index (κ2) is 17.9. The lowest BCUT2D eigenvalue weighted by atomic mass is 9.80. The van der Waals surface area contributed by atoms with E-state index in [0.29, 0.717) is 37.6 Å². The Morgan fingerprint density at radius 3 is 2.24 bits per heavy atom. The van der Waals surface area contributed by atoms with Crippen LogP contribution in [-0.4, -0.2) is 65.6 Å². The van der Waals surface area contributed by atoms with Gasteiger partial charge in [-0.15, -0.1) is 0 Å². The van der Waals surface area contributed by atoms with Crippen LogP contribution < -0.4 is 15.4 Å². The molecule has 4 atom stereocenters. The molecule has 1 heterocycles. The zero-order chi connectivity index (χ0) is 32.9. The number of aryl methyl sites for hydroxylation is 2. The lowest BCUT2D eigenvalue weighted by Gasteiger charge is -2.37. The molecule has 1 saturated heterocycles. The molecule has 8 nitrogen and oxygen atoms in total. The number of urea groups is 1. The quantitative estimate of drug-likeness (QED) is 0.189. The van der Waals surface area contributed by atoms with Gasteiger partial charge in [0.1, 0.15) is 5.75 Å². The van der Waals surface area contributed by atoms with Gasteiger partial charge < -0.3 is 25.4 Å². The van der Waals surface area contributed by atoms with Gasteiger partial charge in [-0.1, -0.05) is 89.1 Å². The molecule has 0 radical (unpaired) electrons. The number of amides is 3. The van der Waals surface area contributed by atoms with Gasteiger partial charge in [0.15, 0.2) is 12.4 Å². The molecule has 3 rings (SSSR count). The number of para-hydroxylation sites is 1. The van der Waals surface area contributed by atoms with E-state index >= 15 is 0 Å². The predicted octanol–water partition coefficient (Wildman–Crippen LogP) is 6.00. The van der Waals surface area contributed by atoms with Crippen molar-refractivity contribution in [3.05, 3.63) is 65.2 Å². The van der Waals surface area contributed by atoms with Crippen molar-refractivity contribution in [2.75, 3.05) is 19.7 Å². The van der Waals surface area contributed by atoms with Gasteiger partial charge in [-0.3, -0.25) is 9.59 Å². The number of aliphatic hydroxyl groups excluding tert-OH is 1. The number of Topliss-reactive ketones (excluding diaryl/α,β-unsaturated/α-hetero) is 1. The summed E-state index contributed by atoms with van der Waals surface area (Å²) < 4.78 is 5.92. The molecular weight excluding hydrogens is 566 g/mol. The first kappa shape index (κ1) is 36.1. The summed E-state index contributed by atoms with van der Waals surface area (Å²) in [5, 5.41) is 17.7. The van der Waals surface area contributed by atoms with Crippen molar-refractivity contribution < 1.29 is 24.2 Å². The van der Waals surface area contributed by atoms with Crippen LogP contribution in [0.15, 0.2) is 48.5 Å². The topological polar surface area (TPSA) is 108 Å². The molecule has 8 heteroatoms. The van der Waals surface area contributed by atoms with Crippen molar-refractivity contribution in [2.45, 2.75) is 105 Å². The fraction of sp³-hybridized carbons (Fsp3) is 0.595. The number of benzene rings is 2. The van der Waals surface area contributed by atoms with Gasteiger partial charge >= 0.3 is 6.03 Å². The molecule has 1 fully saturated rings. The van der Waals surface area contributed by atoms with Crippen molar-refractivity contribution in [3.8, 4) is 5.75 Å². The minimum atomic E-state index is -0.877. The number of ketones is 1. The van der Waals surface area contributed by atoms with Crippen LogP contribution in [0.3, 0.4) is 0 Å². The van der Waals surface area contributed by atoms with Gasteiger partial charge in [-0.05, 0) is 74.0 Å². The Hall–Kier alpha value is -3.39. The van der Waals surface area contributed by atoms with Crippen LogP contribution in [0.2, 0.25) is 0 Å². The van der Waals surface area contributed by atoms with Gasteiger partial charge in [0.25, 0.3) is 5.91 Å². The molecule has 0 aromatic heterocycles. The van der Waals surface area contributed by atoms with Crippen LogP contribution in [0.25, 0.3) is 0 Å². The molecule has 0 spiro atoms. The first-order chi connectivity index (χ1) is 21.5. The molecule has 2 aromatic carbocycles. The SMILES string of the molecule is CCC(CC)C[C@H](CC(=O)[C@H](C(C)C)N1CCCNC1=O)C[C@H](O)[C@H](Cc1ccccc1)NC(=O)COc1c(C)cccc1C. The highest BCUT2D eigenvalue weighted by Gasteiger charge is 2.36.